The Kier molecular flexibility index (Phi) is 7.39. The van der Waals surface area contributed by atoms with Crippen LogP contribution >= 0.6 is 23.2 Å². The molecule has 9 heteroatoms. The smallest absolute Gasteiger partial charge is 0.300 e. The molecule has 0 radical (unpaired) electrons. The van der Waals surface area contributed by atoms with Crippen molar-refractivity contribution < 1.29 is 28.9 Å². The van der Waals surface area contributed by atoms with Crippen LogP contribution in [0.15, 0.2) is 54.1 Å². The summed E-state index contributed by atoms with van der Waals surface area (Å²) in [6.07, 6.45) is 0. The lowest BCUT2D eigenvalue weighted by Crippen LogP contribution is -2.30. The number of aliphatic hydroxyl groups excluding tert-OH is 1. The van der Waals surface area contributed by atoms with Crippen LogP contribution in [0.3, 0.4) is 0 Å². The molecule has 1 amide bonds. The number of anilines is 1. The van der Waals surface area contributed by atoms with Crippen LogP contribution in [-0.4, -0.2) is 38.1 Å². The third-order valence-corrected chi connectivity index (χ3v) is 6.91. The molecule has 0 spiro atoms. The average molecular weight is 542 g/mol. The molecule has 7 nitrogen and oxygen atoms in total. The summed E-state index contributed by atoms with van der Waals surface area (Å²) in [5.41, 5.74) is 2.86. The monoisotopic (exact) mass is 541 g/mol. The highest BCUT2D eigenvalue weighted by molar-refractivity contribution is 6.52. The van der Waals surface area contributed by atoms with Gasteiger partial charge < -0.3 is 19.3 Å². The second-order valence-corrected chi connectivity index (χ2v) is 9.30. The Bertz CT molecular complexity index is 1430. The Morgan fingerprint density at radius 3 is 2.11 bits per heavy atom. The first-order valence-electron chi connectivity index (χ1n) is 11.3. The Hall–Kier alpha value is -3.68. The minimum Gasteiger partial charge on any atom is -0.507 e. The number of methoxy groups -OCH3 is 3. The van der Waals surface area contributed by atoms with E-state index in [9.17, 15) is 14.7 Å². The average Bonchev–Trinajstić information content (AvgIpc) is 3.14. The second-order valence-electron chi connectivity index (χ2n) is 8.52. The summed E-state index contributed by atoms with van der Waals surface area (Å²) in [4.78, 5) is 28.4. The van der Waals surface area contributed by atoms with Gasteiger partial charge in [-0.3, -0.25) is 14.5 Å². The molecule has 1 unspecified atom stereocenters. The highest BCUT2D eigenvalue weighted by Gasteiger charge is 2.47. The van der Waals surface area contributed by atoms with E-state index >= 15 is 0 Å². The number of halogens is 2. The standard InChI is InChI=1S/C28H25Cl2NO6/c1-14-6-11-20(15(2)12-14)31-23(16-7-9-17(35-3)10-8-16)21(25(33)28(31)34)24(32)18-13-19(29)27(37-5)22(30)26(18)36-4/h6-13,23,32H,1-5H3/b24-21+. The number of nitrogens with zero attached hydrogens (tertiary/aromatic N) is 1. The van der Waals surface area contributed by atoms with Gasteiger partial charge in [-0.2, -0.15) is 0 Å². The molecule has 0 saturated carbocycles. The predicted octanol–water partition coefficient (Wildman–Crippen LogP) is 6.26. The summed E-state index contributed by atoms with van der Waals surface area (Å²) in [5.74, 6) is -1.31. The van der Waals surface area contributed by atoms with E-state index in [2.05, 4.69) is 0 Å². The number of carbonyl (C=O) groups is 2. The van der Waals surface area contributed by atoms with Crippen molar-refractivity contribution in [3.8, 4) is 17.2 Å². The number of benzene rings is 3. The molecule has 3 aromatic carbocycles. The summed E-state index contributed by atoms with van der Waals surface area (Å²) in [7, 11) is 4.30. The van der Waals surface area contributed by atoms with Crippen LogP contribution in [0.4, 0.5) is 5.69 Å². The van der Waals surface area contributed by atoms with E-state index in [0.29, 0.717) is 17.0 Å². The number of amides is 1. The summed E-state index contributed by atoms with van der Waals surface area (Å²) < 4.78 is 16.0. The van der Waals surface area contributed by atoms with E-state index in [1.54, 1.807) is 37.4 Å². The van der Waals surface area contributed by atoms with Crippen molar-refractivity contribution in [2.24, 2.45) is 0 Å². The maximum Gasteiger partial charge on any atom is 0.300 e. The number of carbonyl (C=O) groups excluding carboxylic acids is 2. The van der Waals surface area contributed by atoms with Crippen molar-refractivity contribution in [1.82, 2.24) is 0 Å². The van der Waals surface area contributed by atoms with E-state index in [1.807, 2.05) is 26.0 Å². The van der Waals surface area contributed by atoms with Crippen molar-refractivity contribution >= 4 is 46.3 Å². The van der Waals surface area contributed by atoms with Crippen molar-refractivity contribution in [2.75, 3.05) is 26.2 Å². The SMILES string of the molecule is COc1ccc(C2/C(=C(\O)c3cc(Cl)c(OC)c(Cl)c3OC)C(=O)C(=O)N2c2ccc(C)cc2C)cc1. The number of aliphatic hydroxyl groups is 1. The summed E-state index contributed by atoms with van der Waals surface area (Å²) in [6.45, 7) is 3.80. The van der Waals surface area contributed by atoms with Gasteiger partial charge in [-0.15, -0.1) is 0 Å². The van der Waals surface area contributed by atoms with Gasteiger partial charge in [0, 0.05) is 5.69 Å². The number of Topliss-reactive ketones (excluding diaryl/α,β-unsaturated/α-hetero) is 1. The molecule has 1 atom stereocenters. The van der Waals surface area contributed by atoms with Crippen molar-refractivity contribution in [3.63, 3.8) is 0 Å². The van der Waals surface area contributed by atoms with Crippen LogP contribution in [0.2, 0.25) is 10.0 Å². The molecule has 1 aliphatic rings. The van der Waals surface area contributed by atoms with Gasteiger partial charge in [-0.05, 0) is 49.2 Å². The third kappa shape index (κ3) is 4.49. The van der Waals surface area contributed by atoms with Gasteiger partial charge in [0.25, 0.3) is 11.7 Å². The van der Waals surface area contributed by atoms with Crippen LogP contribution in [-0.2, 0) is 9.59 Å². The molecule has 0 aromatic heterocycles. The quantitative estimate of drug-likeness (QED) is 0.225. The summed E-state index contributed by atoms with van der Waals surface area (Å²) in [6, 6.07) is 12.9. The molecule has 3 aromatic rings. The number of aryl methyl sites for hydroxylation is 2. The van der Waals surface area contributed by atoms with Gasteiger partial charge in [0.1, 0.15) is 16.5 Å². The van der Waals surface area contributed by atoms with Gasteiger partial charge in [0.15, 0.2) is 11.5 Å². The Balaban J connectivity index is 2.03. The van der Waals surface area contributed by atoms with E-state index in [1.165, 1.54) is 25.2 Å². The predicted molar refractivity (Wildman–Crippen MR) is 143 cm³/mol. The van der Waals surface area contributed by atoms with Crippen molar-refractivity contribution in [3.05, 3.63) is 86.4 Å². The normalized spacial score (nSPS) is 16.7. The Morgan fingerprint density at radius 1 is 0.892 bits per heavy atom. The van der Waals surface area contributed by atoms with E-state index in [0.717, 1.165) is 11.1 Å². The maximum atomic E-state index is 13.5. The molecule has 1 heterocycles. The highest BCUT2D eigenvalue weighted by atomic mass is 35.5. The lowest BCUT2D eigenvalue weighted by molar-refractivity contribution is -0.132. The van der Waals surface area contributed by atoms with Crippen LogP contribution in [0.5, 0.6) is 17.2 Å². The topological polar surface area (TPSA) is 85.3 Å². The van der Waals surface area contributed by atoms with Crippen molar-refractivity contribution in [2.45, 2.75) is 19.9 Å². The number of rotatable bonds is 6. The number of hydrogen-bond acceptors (Lipinski definition) is 6. The molecule has 37 heavy (non-hydrogen) atoms. The lowest BCUT2D eigenvalue weighted by Gasteiger charge is -2.27. The number of ketones is 1. The van der Waals surface area contributed by atoms with E-state index in [-0.39, 0.29) is 32.7 Å². The number of ether oxygens (including phenoxy) is 3. The van der Waals surface area contributed by atoms with E-state index < -0.39 is 23.5 Å². The van der Waals surface area contributed by atoms with Gasteiger partial charge in [0.05, 0.1) is 43.5 Å². The first kappa shape index (κ1) is 26.4. The molecule has 0 bridgehead atoms. The fourth-order valence-electron chi connectivity index (χ4n) is 4.55. The minimum atomic E-state index is -0.948. The van der Waals surface area contributed by atoms with Gasteiger partial charge in [-0.1, -0.05) is 53.0 Å². The maximum absolute atomic E-state index is 13.5. The Labute approximate surface area is 224 Å². The summed E-state index contributed by atoms with van der Waals surface area (Å²) >= 11 is 12.8. The Morgan fingerprint density at radius 2 is 1.54 bits per heavy atom. The van der Waals surface area contributed by atoms with Crippen LogP contribution < -0.4 is 19.1 Å². The van der Waals surface area contributed by atoms with Gasteiger partial charge in [0.2, 0.25) is 0 Å². The molecule has 1 N–H and O–H groups in total. The van der Waals surface area contributed by atoms with Crippen LogP contribution in [0, 0.1) is 13.8 Å². The van der Waals surface area contributed by atoms with Gasteiger partial charge >= 0.3 is 0 Å². The molecule has 4 rings (SSSR count). The van der Waals surface area contributed by atoms with E-state index in [4.69, 9.17) is 37.4 Å². The fraction of sp³-hybridized carbons (Fsp3) is 0.214. The van der Waals surface area contributed by atoms with Gasteiger partial charge in [-0.25, -0.2) is 0 Å². The van der Waals surface area contributed by atoms with Crippen LogP contribution in [0.1, 0.15) is 28.3 Å². The zero-order chi connectivity index (χ0) is 27.0. The first-order chi connectivity index (χ1) is 17.6. The molecule has 1 fully saturated rings. The van der Waals surface area contributed by atoms with Crippen molar-refractivity contribution in [1.29, 1.82) is 0 Å². The molecule has 192 valence electrons. The molecule has 0 aliphatic carbocycles. The molecular weight excluding hydrogens is 517 g/mol. The largest absolute Gasteiger partial charge is 0.507 e. The zero-order valence-electron chi connectivity index (χ0n) is 20.9. The highest BCUT2D eigenvalue weighted by Crippen LogP contribution is 2.48. The molecular formula is C28H25Cl2NO6. The molecule has 1 saturated heterocycles. The first-order valence-corrected chi connectivity index (χ1v) is 12.0. The zero-order valence-corrected chi connectivity index (χ0v) is 22.4. The van der Waals surface area contributed by atoms with Crippen LogP contribution in [0.25, 0.3) is 5.76 Å². The third-order valence-electron chi connectivity index (χ3n) is 6.28. The fourth-order valence-corrected chi connectivity index (χ4v) is 5.24. The summed E-state index contributed by atoms with van der Waals surface area (Å²) in [5, 5.41) is 11.7. The lowest BCUT2D eigenvalue weighted by atomic mass is 9.94. The minimum absolute atomic E-state index is 0.0173. The number of hydrogen-bond donors (Lipinski definition) is 1. The second kappa shape index (κ2) is 10.4. The molecule has 1 aliphatic heterocycles.